The third-order valence-corrected chi connectivity index (χ3v) is 3.60. The maximum absolute atomic E-state index is 11.4. The molecule has 1 aromatic carbocycles. The fourth-order valence-electron chi connectivity index (χ4n) is 1.31. The van der Waals surface area contributed by atoms with E-state index < -0.39 is 10.0 Å². The quantitative estimate of drug-likeness (QED) is 0.839. The number of aryl methyl sites for hydroxylation is 1. The highest BCUT2D eigenvalue weighted by molar-refractivity contribution is 7.92. The molecule has 1 N–H and O–H groups in total. The van der Waals surface area contributed by atoms with Crippen LogP contribution in [-0.4, -0.2) is 14.2 Å². The fourth-order valence-corrected chi connectivity index (χ4v) is 2.44. The Labute approximate surface area is 91.6 Å². The van der Waals surface area contributed by atoms with E-state index in [0.29, 0.717) is 12.1 Å². The smallest absolute Gasteiger partial charge is 0.232 e. The third-order valence-electron chi connectivity index (χ3n) is 2.11. The van der Waals surface area contributed by atoms with Crippen molar-refractivity contribution in [3.8, 4) is 0 Å². The van der Waals surface area contributed by atoms with Crippen molar-refractivity contribution in [2.24, 2.45) is 0 Å². The van der Waals surface area contributed by atoms with Gasteiger partial charge >= 0.3 is 0 Å². The van der Waals surface area contributed by atoms with Gasteiger partial charge in [0.1, 0.15) is 0 Å². The third kappa shape index (κ3) is 3.91. The van der Waals surface area contributed by atoms with Gasteiger partial charge in [0.05, 0.1) is 5.75 Å². The standard InChI is InChI=1S/C11H17NO2S/c1-3-9-15(13,14)12-11-7-5-10(4-2)6-8-11/h5-8,12H,3-4,9H2,1-2H3. The van der Waals surface area contributed by atoms with E-state index in [1.165, 1.54) is 5.56 Å². The second kappa shape index (κ2) is 5.16. The monoisotopic (exact) mass is 227 g/mol. The Morgan fingerprint density at radius 2 is 1.73 bits per heavy atom. The molecule has 1 rings (SSSR count). The normalized spacial score (nSPS) is 11.3. The average molecular weight is 227 g/mol. The number of benzene rings is 1. The fraction of sp³-hybridized carbons (Fsp3) is 0.455. The van der Waals surface area contributed by atoms with E-state index in [2.05, 4.69) is 11.6 Å². The van der Waals surface area contributed by atoms with Gasteiger partial charge in [0.2, 0.25) is 10.0 Å². The molecule has 0 spiro atoms. The maximum atomic E-state index is 11.4. The van der Waals surface area contributed by atoms with Crippen LogP contribution in [0, 0.1) is 0 Å². The molecule has 0 heterocycles. The summed E-state index contributed by atoms with van der Waals surface area (Å²) >= 11 is 0. The summed E-state index contributed by atoms with van der Waals surface area (Å²) in [5.74, 6) is 0.169. The zero-order valence-electron chi connectivity index (χ0n) is 9.16. The van der Waals surface area contributed by atoms with Crippen LogP contribution in [0.2, 0.25) is 0 Å². The molecule has 0 bridgehead atoms. The van der Waals surface area contributed by atoms with E-state index in [0.717, 1.165) is 6.42 Å². The Morgan fingerprint density at radius 1 is 1.13 bits per heavy atom. The Balaban J connectivity index is 2.73. The lowest BCUT2D eigenvalue weighted by atomic mass is 10.2. The topological polar surface area (TPSA) is 46.2 Å². The Hall–Kier alpha value is -1.03. The number of anilines is 1. The highest BCUT2D eigenvalue weighted by Gasteiger charge is 2.07. The summed E-state index contributed by atoms with van der Waals surface area (Å²) < 4.78 is 25.4. The molecule has 0 aromatic heterocycles. The summed E-state index contributed by atoms with van der Waals surface area (Å²) in [4.78, 5) is 0. The van der Waals surface area contributed by atoms with Crippen molar-refractivity contribution in [1.29, 1.82) is 0 Å². The van der Waals surface area contributed by atoms with E-state index in [1.54, 1.807) is 12.1 Å². The Kier molecular flexibility index (Phi) is 4.15. The summed E-state index contributed by atoms with van der Waals surface area (Å²) in [5.41, 5.74) is 1.84. The van der Waals surface area contributed by atoms with Gasteiger partial charge in [-0.25, -0.2) is 8.42 Å². The summed E-state index contributed by atoms with van der Waals surface area (Å²) in [6, 6.07) is 7.46. The van der Waals surface area contributed by atoms with Crippen molar-refractivity contribution in [3.05, 3.63) is 29.8 Å². The highest BCUT2D eigenvalue weighted by Crippen LogP contribution is 2.11. The second-order valence-electron chi connectivity index (χ2n) is 3.47. The van der Waals surface area contributed by atoms with Crippen molar-refractivity contribution in [2.45, 2.75) is 26.7 Å². The summed E-state index contributed by atoms with van der Waals surface area (Å²) in [6.45, 7) is 3.91. The maximum Gasteiger partial charge on any atom is 0.232 e. The molecule has 84 valence electrons. The molecular weight excluding hydrogens is 210 g/mol. The van der Waals surface area contributed by atoms with Crippen LogP contribution in [0.4, 0.5) is 5.69 Å². The van der Waals surface area contributed by atoms with Gasteiger partial charge in [-0.15, -0.1) is 0 Å². The molecule has 4 heteroatoms. The number of hydrogen-bond acceptors (Lipinski definition) is 2. The largest absolute Gasteiger partial charge is 0.284 e. The lowest BCUT2D eigenvalue weighted by Crippen LogP contribution is -2.15. The van der Waals surface area contributed by atoms with Gasteiger partial charge in [-0.05, 0) is 30.5 Å². The first-order valence-corrected chi connectivity index (χ1v) is 6.82. The number of rotatable bonds is 5. The van der Waals surface area contributed by atoms with Crippen LogP contribution in [0.5, 0.6) is 0 Å². The van der Waals surface area contributed by atoms with Crippen LogP contribution in [0.3, 0.4) is 0 Å². The van der Waals surface area contributed by atoms with Gasteiger partial charge in [0.15, 0.2) is 0 Å². The Bertz CT molecular complexity index is 395. The minimum Gasteiger partial charge on any atom is -0.284 e. The van der Waals surface area contributed by atoms with Crippen molar-refractivity contribution in [3.63, 3.8) is 0 Å². The minimum atomic E-state index is -3.15. The number of nitrogens with one attached hydrogen (secondary N) is 1. The zero-order valence-corrected chi connectivity index (χ0v) is 9.97. The van der Waals surface area contributed by atoms with Crippen molar-refractivity contribution in [2.75, 3.05) is 10.5 Å². The van der Waals surface area contributed by atoms with Crippen molar-refractivity contribution >= 4 is 15.7 Å². The lowest BCUT2D eigenvalue weighted by Gasteiger charge is -2.07. The van der Waals surface area contributed by atoms with Gasteiger partial charge in [-0.1, -0.05) is 26.0 Å². The first kappa shape index (κ1) is 12.0. The van der Waals surface area contributed by atoms with E-state index >= 15 is 0 Å². The van der Waals surface area contributed by atoms with Crippen LogP contribution < -0.4 is 4.72 Å². The molecule has 15 heavy (non-hydrogen) atoms. The molecule has 0 aliphatic rings. The van der Waals surface area contributed by atoms with E-state index in [-0.39, 0.29) is 5.75 Å². The molecule has 0 radical (unpaired) electrons. The first-order valence-electron chi connectivity index (χ1n) is 5.17. The van der Waals surface area contributed by atoms with Crippen LogP contribution in [-0.2, 0) is 16.4 Å². The van der Waals surface area contributed by atoms with Gasteiger partial charge < -0.3 is 0 Å². The number of sulfonamides is 1. The van der Waals surface area contributed by atoms with Crippen LogP contribution in [0.25, 0.3) is 0 Å². The molecule has 0 aliphatic carbocycles. The van der Waals surface area contributed by atoms with Crippen molar-refractivity contribution in [1.82, 2.24) is 0 Å². The molecule has 3 nitrogen and oxygen atoms in total. The lowest BCUT2D eigenvalue weighted by molar-refractivity contribution is 0.600. The summed E-state index contributed by atoms with van der Waals surface area (Å²) in [7, 11) is -3.15. The second-order valence-corrected chi connectivity index (χ2v) is 5.31. The first-order chi connectivity index (χ1) is 7.07. The molecule has 0 fully saturated rings. The van der Waals surface area contributed by atoms with Crippen LogP contribution in [0.1, 0.15) is 25.8 Å². The summed E-state index contributed by atoms with van der Waals surface area (Å²) in [5, 5.41) is 0. The SMILES string of the molecule is CCCS(=O)(=O)Nc1ccc(CC)cc1. The van der Waals surface area contributed by atoms with E-state index in [4.69, 9.17) is 0 Å². The molecule has 0 atom stereocenters. The molecule has 0 saturated carbocycles. The van der Waals surface area contributed by atoms with Crippen molar-refractivity contribution < 1.29 is 8.42 Å². The van der Waals surface area contributed by atoms with E-state index in [9.17, 15) is 8.42 Å². The van der Waals surface area contributed by atoms with Gasteiger partial charge in [-0.3, -0.25) is 4.72 Å². The van der Waals surface area contributed by atoms with Gasteiger partial charge in [0.25, 0.3) is 0 Å². The molecule has 0 saturated heterocycles. The molecular formula is C11H17NO2S. The van der Waals surface area contributed by atoms with Gasteiger partial charge in [0, 0.05) is 5.69 Å². The molecule has 0 aliphatic heterocycles. The predicted octanol–water partition coefficient (Wildman–Crippen LogP) is 2.40. The molecule has 0 amide bonds. The summed E-state index contributed by atoms with van der Waals surface area (Å²) in [6.07, 6.45) is 1.59. The zero-order chi connectivity index (χ0) is 11.3. The van der Waals surface area contributed by atoms with Crippen LogP contribution >= 0.6 is 0 Å². The molecule has 0 unspecified atom stereocenters. The predicted molar refractivity (Wildman–Crippen MR) is 63.5 cm³/mol. The van der Waals surface area contributed by atoms with Gasteiger partial charge in [-0.2, -0.15) is 0 Å². The van der Waals surface area contributed by atoms with E-state index in [1.807, 2.05) is 19.1 Å². The average Bonchev–Trinajstić information content (AvgIpc) is 2.18. The minimum absolute atomic E-state index is 0.169. The van der Waals surface area contributed by atoms with Crippen LogP contribution in [0.15, 0.2) is 24.3 Å². The Morgan fingerprint density at radius 3 is 2.20 bits per heavy atom. The highest BCUT2D eigenvalue weighted by atomic mass is 32.2. The number of hydrogen-bond donors (Lipinski definition) is 1. The molecule has 1 aromatic rings.